The molecule has 94 valence electrons. The Labute approximate surface area is 113 Å². The lowest BCUT2D eigenvalue weighted by molar-refractivity contribution is 0.102. The first-order valence-corrected chi connectivity index (χ1v) is 6.48. The zero-order valence-corrected chi connectivity index (χ0v) is 10.9. The van der Waals surface area contributed by atoms with Gasteiger partial charge in [-0.25, -0.2) is 15.0 Å². The second-order valence-corrected chi connectivity index (χ2v) is 5.05. The largest absolute Gasteiger partial charge is 0.298 e. The predicted octanol–water partition coefficient (Wildman–Crippen LogP) is 2.65. The van der Waals surface area contributed by atoms with Gasteiger partial charge < -0.3 is 0 Å². The minimum absolute atomic E-state index is 0.252. The van der Waals surface area contributed by atoms with Crippen molar-refractivity contribution in [2.75, 3.05) is 5.32 Å². The lowest BCUT2D eigenvalue weighted by Gasteiger charge is -1.99. The summed E-state index contributed by atoms with van der Waals surface area (Å²) in [5.41, 5.74) is 2.43. The number of benzene rings is 1. The van der Waals surface area contributed by atoms with E-state index in [4.69, 9.17) is 0 Å². The van der Waals surface area contributed by atoms with Crippen molar-refractivity contribution in [3.05, 3.63) is 48.0 Å². The summed E-state index contributed by atoms with van der Waals surface area (Å²) in [5, 5.41) is 3.34. The zero-order valence-electron chi connectivity index (χ0n) is 10.1. The van der Waals surface area contributed by atoms with E-state index < -0.39 is 0 Å². The van der Waals surface area contributed by atoms with E-state index in [9.17, 15) is 4.79 Å². The Morgan fingerprint density at radius 3 is 2.79 bits per heavy atom. The number of nitrogens with zero attached hydrogens (tertiary/aromatic N) is 3. The van der Waals surface area contributed by atoms with Gasteiger partial charge >= 0.3 is 0 Å². The topological polar surface area (TPSA) is 67.8 Å². The summed E-state index contributed by atoms with van der Waals surface area (Å²) in [6.45, 7) is 2.00. The summed E-state index contributed by atoms with van der Waals surface area (Å²) in [7, 11) is 0. The Kier molecular flexibility index (Phi) is 2.92. The van der Waals surface area contributed by atoms with Crippen LogP contribution in [-0.4, -0.2) is 20.9 Å². The number of carbonyl (C=O) groups is 1. The van der Waals surface area contributed by atoms with Crippen LogP contribution in [0.25, 0.3) is 10.2 Å². The first-order valence-electron chi connectivity index (χ1n) is 5.66. The molecule has 19 heavy (non-hydrogen) atoms. The molecule has 3 rings (SSSR count). The number of aromatic nitrogens is 3. The third-order valence-electron chi connectivity index (χ3n) is 2.66. The molecule has 0 fully saturated rings. The van der Waals surface area contributed by atoms with Gasteiger partial charge in [0, 0.05) is 12.4 Å². The Morgan fingerprint density at radius 2 is 2.05 bits per heavy atom. The normalized spacial score (nSPS) is 10.6. The molecule has 0 saturated carbocycles. The van der Waals surface area contributed by atoms with Gasteiger partial charge in [-0.05, 0) is 18.6 Å². The fourth-order valence-electron chi connectivity index (χ4n) is 1.73. The molecule has 0 spiro atoms. The quantitative estimate of drug-likeness (QED) is 0.777. The van der Waals surface area contributed by atoms with Gasteiger partial charge in [0.25, 0.3) is 5.91 Å². The Hall–Kier alpha value is -2.34. The number of carbonyl (C=O) groups excluding carboxylic acids is 1. The predicted molar refractivity (Wildman–Crippen MR) is 74.3 cm³/mol. The maximum atomic E-state index is 12.0. The van der Waals surface area contributed by atoms with Gasteiger partial charge in [-0.15, -0.1) is 0 Å². The average molecular weight is 270 g/mol. The lowest BCUT2D eigenvalue weighted by atomic mass is 10.2. The highest BCUT2D eigenvalue weighted by molar-refractivity contribution is 7.22. The molecule has 1 N–H and O–H groups in total. The van der Waals surface area contributed by atoms with Crippen LogP contribution in [0.15, 0.2) is 36.9 Å². The summed E-state index contributed by atoms with van der Waals surface area (Å²) < 4.78 is 1.06. The Balaban J connectivity index is 1.90. The summed E-state index contributed by atoms with van der Waals surface area (Å²) in [5.74, 6) is -0.252. The summed E-state index contributed by atoms with van der Waals surface area (Å²) >= 11 is 1.45. The van der Waals surface area contributed by atoms with Crippen LogP contribution < -0.4 is 5.32 Å². The van der Waals surface area contributed by atoms with Gasteiger partial charge in [-0.2, -0.15) is 0 Å². The Bertz CT molecular complexity index is 739. The Morgan fingerprint density at radius 1 is 1.26 bits per heavy atom. The fourth-order valence-corrected chi connectivity index (χ4v) is 2.66. The van der Waals surface area contributed by atoms with Gasteiger partial charge in [0.1, 0.15) is 6.33 Å². The summed E-state index contributed by atoms with van der Waals surface area (Å²) in [6, 6.07) is 5.96. The minimum atomic E-state index is -0.252. The van der Waals surface area contributed by atoms with Crippen molar-refractivity contribution in [2.45, 2.75) is 6.92 Å². The second kappa shape index (κ2) is 4.74. The van der Waals surface area contributed by atoms with Crippen LogP contribution in [0.5, 0.6) is 0 Å². The van der Waals surface area contributed by atoms with Crippen LogP contribution >= 0.6 is 11.3 Å². The maximum Gasteiger partial charge on any atom is 0.260 e. The number of nitrogens with one attached hydrogen (secondary N) is 1. The first-order chi connectivity index (χ1) is 9.24. The minimum Gasteiger partial charge on any atom is -0.298 e. The van der Waals surface area contributed by atoms with Crippen molar-refractivity contribution in [3.63, 3.8) is 0 Å². The van der Waals surface area contributed by atoms with Crippen LogP contribution in [0.3, 0.4) is 0 Å². The van der Waals surface area contributed by atoms with Crippen molar-refractivity contribution in [2.24, 2.45) is 0 Å². The molecule has 3 aromatic rings. The van der Waals surface area contributed by atoms with Gasteiger partial charge in [0.05, 0.1) is 15.8 Å². The van der Waals surface area contributed by atoms with Crippen LogP contribution in [0, 0.1) is 6.92 Å². The summed E-state index contributed by atoms with van der Waals surface area (Å²) in [4.78, 5) is 24.0. The zero-order chi connectivity index (χ0) is 13.2. The van der Waals surface area contributed by atoms with Gasteiger partial charge in [0.15, 0.2) is 5.13 Å². The highest BCUT2D eigenvalue weighted by Gasteiger charge is 2.10. The van der Waals surface area contributed by atoms with E-state index in [0.717, 1.165) is 15.8 Å². The van der Waals surface area contributed by atoms with Crippen LogP contribution in [0.4, 0.5) is 5.13 Å². The number of amides is 1. The van der Waals surface area contributed by atoms with E-state index >= 15 is 0 Å². The van der Waals surface area contributed by atoms with E-state index in [0.29, 0.717) is 10.7 Å². The van der Waals surface area contributed by atoms with Crippen molar-refractivity contribution in [1.82, 2.24) is 15.0 Å². The smallest absolute Gasteiger partial charge is 0.260 e. The van der Waals surface area contributed by atoms with Gasteiger partial charge in [-0.3, -0.25) is 10.1 Å². The second-order valence-electron chi connectivity index (χ2n) is 4.02. The van der Waals surface area contributed by atoms with E-state index in [1.807, 2.05) is 25.1 Å². The maximum absolute atomic E-state index is 12.0. The highest BCUT2D eigenvalue weighted by atomic mass is 32.1. The number of anilines is 1. The first kappa shape index (κ1) is 11.7. The van der Waals surface area contributed by atoms with E-state index in [1.54, 1.807) is 0 Å². The number of rotatable bonds is 2. The van der Waals surface area contributed by atoms with E-state index in [1.165, 1.54) is 30.1 Å². The number of hydrogen-bond acceptors (Lipinski definition) is 5. The monoisotopic (exact) mass is 270 g/mol. The molecule has 2 heterocycles. The van der Waals surface area contributed by atoms with E-state index in [2.05, 4.69) is 20.3 Å². The highest BCUT2D eigenvalue weighted by Crippen LogP contribution is 2.28. The molecule has 0 radical (unpaired) electrons. The standard InChI is InChI=1S/C13H10N4OS/c1-8-3-2-4-10-11(8)16-13(19-10)17-12(18)9-5-14-7-15-6-9/h2-7H,1H3,(H,16,17,18). The van der Waals surface area contributed by atoms with Crippen molar-refractivity contribution in [3.8, 4) is 0 Å². The molecule has 0 atom stereocenters. The molecule has 5 nitrogen and oxygen atoms in total. The van der Waals surface area contributed by atoms with Crippen LogP contribution in [0.1, 0.15) is 15.9 Å². The number of aryl methyl sites for hydroxylation is 1. The van der Waals surface area contributed by atoms with E-state index in [-0.39, 0.29) is 5.91 Å². The van der Waals surface area contributed by atoms with Crippen LogP contribution in [-0.2, 0) is 0 Å². The molecule has 1 aromatic carbocycles. The molecule has 0 aliphatic rings. The summed E-state index contributed by atoms with van der Waals surface area (Å²) in [6.07, 6.45) is 4.33. The van der Waals surface area contributed by atoms with Gasteiger partial charge in [0.2, 0.25) is 0 Å². The molecule has 0 saturated heterocycles. The molecule has 0 aliphatic carbocycles. The molecular weight excluding hydrogens is 260 g/mol. The molecule has 6 heteroatoms. The SMILES string of the molecule is Cc1cccc2sc(NC(=O)c3cncnc3)nc12. The average Bonchev–Trinajstić information content (AvgIpc) is 2.84. The number of para-hydroxylation sites is 1. The molecular formula is C13H10N4OS. The van der Waals surface area contributed by atoms with Crippen molar-refractivity contribution in [1.29, 1.82) is 0 Å². The van der Waals surface area contributed by atoms with Crippen LogP contribution in [0.2, 0.25) is 0 Å². The number of thiazole rings is 1. The lowest BCUT2D eigenvalue weighted by Crippen LogP contribution is -2.12. The number of hydrogen-bond donors (Lipinski definition) is 1. The van der Waals surface area contributed by atoms with Crippen molar-refractivity contribution < 1.29 is 4.79 Å². The van der Waals surface area contributed by atoms with Gasteiger partial charge in [-0.1, -0.05) is 23.5 Å². The molecule has 2 aromatic heterocycles. The molecule has 0 aliphatic heterocycles. The third-order valence-corrected chi connectivity index (χ3v) is 3.60. The number of fused-ring (bicyclic) bond motifs is 1. The molecule has 1 amide bonds. The van der Waals surface area contributed by atoms with Crippen molar-refractivity contribution >= 4 is 32.6 Å². The third kappa shape index (κ3) is 2.30. The fraction of sp³-hybridized carbons (Fsp3) is 0.0769. The molecule has 0 bridgehead atoms. The molecule has 0 unspecified atom stereocenters.